The molecule has 1 heterocycles. The zero-order chi connectivity index (χ0) is 19.5. The number of carbonyl (C=O) groups is 2. The summed E-state index contributed by atoms with van der Waals surface area (Å²) in [6, 6.07) is 24.8. The van der Waals surface area contributed by atoms with Gasteiger partial charge < -0.3 is 10.2 Å². The second-order valence-electron chi connectivity index (χ2n) is 7.14. The number of anilines is 1. The number of para-hydroxylation sites is 1. The largest absolute Gasteiger partial charge is 0.327 e. The summed E-state index contributed by atoms with van der Waals surface area (Å²) in [5.41, 5.74) is 4.60. The molecule has 0 aromatic heterocycles. The molecule has 0 bridgehead atoms. The van der Waals surface area contributed by atoms with Crippen molar-refractivity contribution in [1.29, 1.82) is 0 Å². The van der Waals surface area contributed by atoms with Crippen molar-refractivity contribution < 1.29 is 9.59 Å². The Kier molecular flexibility index (Phi) is 4.94. The molecule has 3 aromatic carbocycles. The van der Waals surface area contributed by atoms with E-state index in [1.54, 1.807) is 4.90 Å². The molecule has 4 nitrogen and oxygen atoms in total. The lowest BCUT2D eigenvalue weighted by molar-refractivity contribution is -0.117. The number of rotatable bonds is 5. The second kappa shape index (κ2) is 7.69. The molecule has 0 spiro atoms. The third kappa shape index (κ3) is 3.67. The lowest BCUT2D eigenvalue weighted by Gasteiger charge is -2.28. The Labute approximate surface area is 164 Å². The minimum Gasteiger partial charge on any atom is -0.327 e. The summed E-state index contributed by atoms with van der Waals surface area (Å²) in [6.45, 7) is 2.55. The van der Waals surface area contributed by atoms with Gasteiger partial charge in [0.15, 0.2) is 0 Å². The van der Waals surface area contributed by atoms with Crippen molar-refractivity contribution in [1.82, 2.24) is 4.90 Å². The molecule has 2 amide bonds. The molecule has 1 aliphatic rings. The number of nitrogens with one attached hydrogen (secondary N) is 1. The predicted molar refractivity (Wildman–Crippen MR) is 110 cm³/mol. The van der Waals surface area contributed by atoms with Crippen LogP contribution in [0.5, 0.6) is 0 Å². The maximum absolute atomic E-state index is 13.0. The first-order valence-corrected chi connectivity index (χ1v) is 9.42. The van der Waals surface area contributed by atoms with Gasteiger partial charge in [-0.3, -0.25) is 9.59 Å². The molecular weight excluding hydrogens is 348 g/mol. The Morgan fingerprint density at radius 3 is 2.36 bits per heavy atom. The molecule has 28 heavy (non-hydrogen) atoms. The fourth-order valence-electron chi connectivity index (χ4n) is 3.63. The zero-order valence-electron chi connectivity index (χ0n) is 15.8. The highest BCUT2D eigenvalue weighted by atomic mass is 16.2. The average Bonchev–Trinajstić information content (AvgIpc) is 3.04. The van der Waals surface area contributed by atoms with Gasteiger partial charge in [-0.1, -0.05) is 66.2 Å². The standard InChI is InChI=1S/C24H22N2O2/c1-17-11-13-18(14-12-17)22(15-23(27)25-20-8-3-2-4-9-20)26-16-19-7-5-6-10-21(19)24(26)28/h2-14,22H,15-16H2,1H3,(H,25,27). The van der Waals surface area contributed by atoms with Gasteiger partial charge in [0.1, 0.15) is 0 Å². The number of hydrogen-bond donors (Lipinski definition) is 1. The summed E-state index contributed by atoms with van der Waals surface area (Å²) >= 11 is 0. The third-order valence-electron chi connectivity index (χ3n) is 5.12. The molecular formula is C24H22N2O2. The van der Waals surface area contributed by atoms with Gasteiger partial charge in [0, 0.05) is 17.8 Å². The minimum absolute atomic E-state index is 0.0197. The van der Waals surface area contributed by atoms with Crippen LogP contribution in [0.3, 0.4) is 0 Å². The zero-order valence-corrected chi connectivity index (χ0v) is 15.8. The van der Waals surface area contributed by atoms with Crippen molar-refractivity contribution in [2.24, 2.45) is 0 Å². The Morgan fingerprint density at radius 1 is 0.964 bits per heavy atom. The Balaban J connectivity index is 1.61. The van der Waals surface area contributed by atoms with Gasteiger partial charge in [0.25, 0.3) is 5.91 Å². The molecule has 0 saturated carbocycles. The maximum atomic E-state index is 13.0. The monoisotopic (exact) mass is 370 g/mol. The van der Waals surface area contributed by atoms with Gasteiger partial charge in [0.2, 0.25) is 5.91 Å². The third-order valence-corrected chi connectivity index (χ3v) is 5.12. The minimum atomic E-state index is -0.316. The summed E-state index contributed by atoms with van der Waals surface area (Å²) in [7, 11) is 0. The number of amides is 2. The van der Waals surface area contributed by atoms with Crippen LogP contribution in [-0.2, 0) is 11.3 Å². The number of nitrogens with zero attached hydrogens (tertiary/aromatic N) is 1. The van der Waals surface area contributed by atoms with E-state index in [4.69, 9.17) is 0 Å². The number of hydrogen-bond acceptors (Lipinski definition) is 2. The number of carbonyl (C=O) groups excluding carboxylic acids is 2. The second-order valence-corrected chi connectivity index (χ2v) is 7.14. The Bertz CT molecular complexity index is 997. The van der Waals surface area contributed by atoms with E-state index < -0.39 is 0 Å². The van der Waals surface area contributed by atoms with E-state index in [9.17, 15) is 9.59 Å². The van der Waals surface area contributed by atoms with Gasteiger partial charge in [-0.2, -0.15) is 0 Å². The molecule has 140 valence electrons. The van der Waals surface area contributed by atoms with Crippen molar-refractivity contribution in [2.75, 3.05) is 5.32 Å². The van der Waals surface area contributed by atoms with Gasteiger partial charge in [-0.05, 0) is 36.2 Å². The van der Waals surface area contributed by atoms with Crippen LogP contribution >= 0.6 is 0 Å². The van der Waals surface area contributed by atoms with Gasteiger partial charge >= 0.3 is 0 Å². The molecule has 1 atom stereocenters. The molecule has 3 aromatic rings. The molecule has 0 aliphatic carbocycles. The Hall–Kier alpha value is -3.40. The number of aryl methyl sites for hydroxylation is 1. The molecule has 0 fully saturated rings. The van der Waals surface area contributed by atoms with E-state index in [0.29, 0.717) is 6.54 Å². The smallest absolute Gasteiger partial charge is 0.255 e. The highest BCUT2D eigenvalue weighted by Crippen LogP contribution is 2.33. The quantitative estimate of drug-likeness (QED) is 0.706. The first kappa shape index (κ1) is 18.0. The molecule has 1 N–H and O–H groups in total. The fraction of sp³-hybridized carbons (Fsp3) is 0.167. The predicted octanol–water partition coefficient (Wildman–Crippen LogP) is 4.72. The van der Waals surface area contributed by atoms with E-state index in [1.807, 2.05) is 85.8 Å². The average molecular weight is 370 g/mol. The Morgan fingerprint density at radius 2 is 1.64 bits per heavy atom. The number of fused-ring (bicyclic) bond motifs is 1. The molecule has 0 radical (unpaired) electrons. The lowest BCUT2D eigenvalue weighted by Crippen LogP contribution is -2.32. The van der Waals surface area contributed by atoms with Crippen molar-refractivity contribution in [3.05, 3.63) is 101 Å². The summed E-state index contributed by atoms with van der Waals surface area (Å²) in [4.78, 5) is 27.6. The normalized spacial score (nSPS) is 13.9. The fourth-order valence-corrected chi connectivity index (χ4v) is 3.63. The van der Waals surface area contributed by atoms with E-state index in [0.717, 1.165) is 27.9 Å². The lowest BCUT2D eigenvalue weighted by atomic mass is 10.00. The van der Waals surface area contributed by atoms with E-state index >= 15 is 0 Å². The van der Waals surface area contributed by atoms with E-state index in [2.05, 4.69) is 5.32 Å². The van der Waals surface area contributed by atoms with Crippen LogP contribution in [0.25, 0.3) is 0 Å². The van der Waals surface area contributed by atoms with Crippen molar-refractivity contribution in [2.45, 2.75) is 25.9 Å². The van der Waals surface area contributed by atoms with Crippen molar-refractivity contribution >= 4 is 17.5 Å². The SMILES string of the molecule is Cc1ccc(C(CC(=O)Nc2ccccc2)N2Cc3ccccc3C2=O)cc1. The molecule has 1 aliphatic heterocycles. The molecule has 4 heteroatoms. The summed E-state index contributed by atoms with van der Waals surface area (Å²) in [6.07, 6.45) is 0.206. The van der Waals surface area contributed by atoms with Crippen LogP contribution in [0.4, 0.5) is 5.69 Å². The van der Waals surface area contributed by atoms with Crippen LogP contribution in [0.2, 0.25) is 0 Å². The van der Waals surface area contributed by atoms with Crippen molar-refractivity contribution in [3.63, 3.8) is 0 Å². The molecule has 4 rings (SSSR count). The molecule has 0 saturated heterocycles. The van der Waals surface area contributed by atoms with Gasteiger partial charge in [-0.15, -0.1) is 0 Å². The van der Waals surface area contributed by atoms with Gasteiger partial charge in [0.05, 0.1) is 12.5 Å². The topological polar surface area (TPSA) is 49.4 Å². The number of benzene rings is 3. The maximum Gasteiger partial charge on any atom is 0.255 e. The van der Waals surface area contributed by atoms with Gasteiger partial charge in [-0.25, -0.2) is 0 Å². The highest BCUT2D eigenvalue weighted by molar-refractivity contribution is 5.99. The first-order chi connectivity index (χ1) is 13.6. The van der Waals surface area contributed by atoms with Crippen LogP contribution < -0.4 is 5.32 Å². The summed E-state index contributed by atoms with van der Waals surface area (Å²) in [5, 5.41) is 2.94. The van der Waals surface area contributed by atoms with Crippen LogP contribution in [0.1, 0.15) is 39.5 Å². The summed E-state index contributed by atoms with van der Waals surface area (Å²) in [5.74, 6) is -0.130. The first-order valence-electron chi connectivity index (χ1n) is 9.42. The van der Waals surface area contributed by atoms with E-state index in [1.165, 1.54) is 0 Å². The summed E-state index contributed by atoms with van der Waals surface area (Å²) < 4.78 is 0. The highest BCUT2D eigenvalue weighted by Gasteiger charge is 2.34. The molecule has 1 unspecified atom stereocenters. The van der Waals surface area contributed by atoms with Crippen molar-refractivity contribution in [3.8, 4) is 0 Å². The van der Waals surface area contributed by atoms with Crippen LogP contribution in [0.15, 0.2) is 78.9 Å². The van der Waals surface area contributed by atoms with Crippen LogP contribution in [-0.4, -0.2) is 16.7 Å². The van der Waals surface area contributed by atoms with E-state index in [-0.39, 0.29) is 24.3 Å². The van der Waals surface area contributed by atoms with Crippen LogP contribution in [0, 0.1) is 6.92 Å².